The van der Waals surface area contributed by atoms with E-state index in [-0.39, 0.29) is 11.8 Å². The summed E-state index contributed by atoms with van der Waals surface area (Å²) < 4.78 is 5.25. The van der Waals surface area contributed by atoms with Gasteiger partial charge in [-0.1, -0.05) is 12.1 Å². The minimum atomic E-state index is 0.0721. The highest BCUT2D eigenvalue weighted by Gasteiger charge is 2.15. The second kappa shape index (κ2) is 5.82. The molecule has 82 valence electrons. The van der Waals surface area contributed by atoms with Crippen LogP contribution in [0.15, 0.2) is 5.16 Å². The third-order valence-corrected chi connectivity index (χ3v) is 2.55. The zero-order chi connectivity index (χ0) is 10.4. The van der Waals surface area contributed by atoms with Crippen molar-refractivity contribution in [2.45, 2.75) is 25.8 Å². The van der Waals surface area contributed by atoms with Crippen molar-refractivity contribution in [1.82, 2.24) is 5.32 Å². The third-order valence-electron chi connectivity index (χ3n) is 2.55. The maximum Gasteiger partial charge on any atom is 0.143 e. The molecule has 1 saturated heterocycles. The van der Waals surface area contributed by atoms with Gasteiger partial charge >= 0.3 is 0 Å². The molecular weight excluding hydrogens is 182 g/mol. The molecule has 1 unspecified atom stereocenters. The van der Waals surface area contributed by atoms with Crippen LogP contribution in [0.1, 0.15) is 19.8 Å². The molecule has 0 bridgehead atoms. The number of nitrogens with two attached hydrogens (primary N) is 1. The van der Waals surface area contributed by atoms with E-state index in [1.807, 2.05) is 6.92 Å². The van der Waals surface area contributed by atoms with Gasteiger partial charge in [0.05, 0.1) is 0 Å². The van der Waals surface area contributed by atoms with Crippen molar-refractivity contribution >= 4 is 5.84 Å². The van der Waals surface area contributed by atoms with E-state index in [4.69, 9.17) is 15.7 Å². The Hall–Kier alpha value is -0.810. The summed E-state index contributed by atoms with van der Waals surface area (Å²) in [4.78, 5) is 0. The van der Waals surface area contributed by atoms with Crippen molar-refractivity contribution in [3.63, 3.8) is 0 Å². The molecule has 1 aliphatic rings. The monoisotopic (exact) mass is 201 g/mol. The molecule has 4 N–H and O–H groups in total. The van der Waals surface area contributed by atoms with E-state index >= 15 is 0 Å². The first-order chi connectivity index (χ1) is 6.74. The Morgan fingerprint density at radius 3 is 2.86 bits per heavy atom. The zero-order valence-electron chi connectivity index (χ0n) is 8.57. The van der Waals surface area contributed by atoms with Crippen LogP contribution in [0, 0.1) is 5.92 Å². The third kappa shape index (κ3) is 3.51. The molecule has 0 aromatic rings. The Bertz CT molecular complexity index is 190. The summed E-state index contributed by atoms with van der Waals surface area (Å²) in [5.74, 6) is 0.354. The molecule has 1 atom stereocenters. The van der Waals surface area contributed by atoms with E-state index < -0.39 is 0 Å². The summed E-state index contributed by atoms with van der Waals surface area (Å²) >= 11 is 0. The van der Waals surface area contributed by atoms with Gasteiger partial charge in [-0.25, -0.2) is 0 Å². The second-order valence-corrected chi connectivity index (χ2v) is 3.72. The second-order valence-electron chi connectivity index (χ2n) is 3.72. The van der Waals surface area contributed by atoms with E-state index in [1.54, 1.807) is 0 Å². The number of nitrogens with one attached hydrogen (secondary N) is 1. The predicted octanol–water partition coefficient (Wildman–Crippen LogP) is 0.138. The molecular formula is C9H19N3O2. The largest absolute Gasteiger partial charge is 0.409 e. The maximum absolute atomic E-state index is 8.46. The normalized spacial score (nSPS) is 22.2. The number of ether oxygens (including phenoxy) is 1. The van der Waals surface area contributed by atoms with E-state index in [0.717, 1.165) is 32.6 Å². The number of hydrogen-bond acceptors (Lipinski definition) is 4. The highest BCUT2D eigenvalue weighted by molar-refractivity contribution is 5.82. The standard InChI is InChI=1S/C9H19N3O2/c1-7(9(10)12-13)6-11-8-2-4-14-5-3-8/h7-8,11,13H,2-6H2,1H3,(H2,10,12). The fraction of sp³-hybridized carbons (Fsp3) is 0.889. The molecule has 14 heavy (non-hydrogen) atoms. The Morgan fingerprint density at radius 1 is 1.64 bits per heavy atom. The van der Waals surface area contributed by atoms with Crippen LogP contribution in [0.4, 0.5) is 0 Å². The van der Waals surface area contributed by atoms with Gasteiger partial charge in [-0.3, -0.25) is 0 Å². The Labute approximate surface area is 84.3 Å². The summed E-state index contributed by atoms with van der Waals surface area (Å²) in [5, 5.41) is 14.8. The van der Waals surface area contributed by atoms with Gasteiger partial charge in [-0.15, -0.1) is 0 Å². The Balaban J connectivity index is 2.18. The number of nitrogens with zero attached hydrogens (tertiary/aromatic N) is 1. The van der Waals surface area contributed by atoms with E-state index in [9.17, 15) is 0 Å². The first kappa shape index (κ1) is 11.3. The smallest absolute Gasteiger partial charge is 0.143 e. The molecule has 0 radical (unpaired) electrons. The fourth-order valence-electron chi connectivity index (χ4n) is 1.45. The van der Waals surface area contributed by atoms with Gasteiger partial charge in [-0.2, -0.15) is 0 Å². The van der Waals surface area contributed by atoms with Crippen LogP contribution in [0.5, 0.6) is 0 Å². The predicted molar refractivity (Wildman–Crippen MR) is 54.4 cm³/mol. The molecule has 1 heterocycles. The fourth-order valence-corrected chi connectivity index (χ4v) is 1.45. The first-order valence-corrected chi connectivity index (χ1v) is 5.02. The van der Waals surface area contributed by atoms with Crippen molar-refractivity contribution in [3.8, 4) is 0 Å². The lowest BCUT2D eigenvalue weighted by molar-refractivity contribution is 0.0776. The van der Waals surface area contributed by atoms with Crippen LogP contribution in [0.3, 0.4) is 0 Å². The minimum absolute atomic E-state index is 0.0721. The number of rotatable bonds is 4. The van der Waals surface area contributed by atoms with Crippen LogP contribution in [-0.2, 0) is 4.74 Å². The molecule has 1 fully saturated rings. The average Bonchev–Trinajstić information content (AvgIpc) is 2.26. The lowest BCUT2D eigenvalue weighted by Gasteiger charge is -2.24. The summed E-state index contributed by atoms with van der Waals surface area (Å²) in [7, 11) is 0. The summed E-state index contributed by atoms with van der Waals surface area (Å²) in [6.07, 6.45) is 2.09. The Morgan fingerprint density at radius 2 is 2.29 bits per heavy atom. The SMILES string of the molecule is CC(CNC1CCOCC1)C(N)=NO. The molecule has 1 aliphatic heterocycles. The van der Waals surface area contributed by atoms with Gasteiger partial charge in [-0.05, 0) is 12.8 Å². The number of amidine groups is 1. The van der Waals surface area contributed by atoms with Crippen molar-refractivity contribution < 1.29 is 9.94 Å². The van der Waals surface area contributed by atoms with Gasteiger partial charge in [0.2, 0.25) is 0 Å². The lowest BCUT2D eigenvalue weighted by atomic mass is 10.1. The van der Waals surface area contributed by atoms with Crippen LogP contribution >= 0.6 is 0 Å². The Kier molecular flexibility index (Phi) is 4.69. The van der Waals surface area contributed by atoms with Crippen molar-refractivity contribution in [2.24, 2.45) is 16.8 Å². The summed E-state index contributed by atoms with van der Waals surface area (Å²) in [5.41, 5.74) is 5.47. The molecule has 5 nitrogen and oxygen atoms in total. The molecule has 0 saturated carbocycles. The van der Waals surface area contributed by atoms with Gasteiger partial charge < -0.3 is 21.0 Å². The number of oxime groups is 1. The zero-order valence-corrected chi connectivity index (χ0v) is 8.57. The maximum atomic E-state index is 8.46. The molecule has 0 aromatic heterocycles. The van der Waals surface area contributed by atoms with Crippen LogP contribution in [0.25, 0.3) is 0 Å². The molecule has 0 amide bonds. The van der Waals surface area contributed by atoms with E-state index in [2.05, 4.69) is 10.5 Å². The topological polar surface area (TPSA) is 79.9 Å². The highest BCUT2D eigenvalue weighted by atomic mass is 16.5. The number of hydrogen-bond donors (Lipinski definition) is 3. The summed E-state index contributed by atoms with van der Waals surface area (Å²) in [6, 6.07) is 0.512. The minimum Gasteiger partial charge on any atom is -0.409 e. The van der Waals surface area contributed by atoms with Crippen LogP contribution in [-0.4, -0.2) is 36.8 Å². The van der Waals surface area contributed by atoms with Gasteiger partial charge in [0.25, 0.3) is 0 Å². The first-order valence-electron chi connectivity index (χ1n) is 5.02. The quantitative estimate of drug-likeness (QED) is 0.261. The van der Waals surface area contributed by atoms with Crippen molar-refractivity contribution in [2.75, 3.05) is 19.8 Å². The van der Waals surface area contributed by atoms with Crippen LogP contribution < -0.4 is 11.1 Å². The van der Waals surface area contributed by atoms with Crippen molar-refractivity contribution in [1.29, 1.82) is 0 Å². The highest BCUT2D eigenvalue weighted by Crippen LogP contribution is 2.06. The molecule has 5 heteroatoms. The average molecular weight is 201 g/mol. The van der Waals surface area contributed by atoms with Crippen LogP contribution in [0.2, 0.25) is 0 Å². The van der Waals surface area contributed by atoms with E-state index in [1.165, 1.54) is 0 Å². The van der Waals surface area contributed by atoms with Gasteiger partial charge in [0, 0.05) is 31.7 Å². The lowest BCUT2D eigenvalue weighted by Crippen LogP contribution is -2.40. The molecule has 0 spiro atoms. The molecule has 0 aliphatic carbocycles. The van der Waals surface area contributed by atoms with Gasteiger partial charge in [0.15, 0.2) is 0 Å². The van der Waals surface area contributed by atoms with E-state index in [0.29, 0.717) is 6.04 Å². The van der Waals surface area contributed by atoms with Crippen molar-refractivity contribution in [3.05, 3.63) is 0 Å². The molecule has 1 rings (SSSR count). The summed E-state index contributed by atoms with van der Waals surface area (Å²) in [6.45, 7) is 4.34. The molecule has 0 aromatic carbocycles. The van der Waals surface area contributed by atoms with Gasteiger partial charge in [0.1, 0.15) is 5.84 Å².